The van der Waals surface area contributed by atoms with Crippen LogP contribution >= 0.6 is 0 Å². The number of hydrogen-bond donors (Lipinski definition) is 1. The predicted molar refractivity (Wildman–Crippen MR) is 119 cm³/mol. The summed E-state index contributed by atoms with van der Waals surface area (Å²) in [6.45, 7) is 0.373. The fourth-order valence-electron chi connectivity index (χ4n) is 3.12. The minimum Gasteiger partial charge on any atom is -0.487 e. The first-order valence-electron chi connectivity index (χ1n) is 9.64. The van der Waals surface area contributed by atoms with E-state index in [0.717, 1.165) is 27.7 Å². The van der Waals surface area contributed by atoms with E-state index in [1.165, 1.54) is 0 Å². The highest BCUT2D eigenvalue weighted by Crippen LogP contribution is 2.22. The van der Waals surface area contributed by atoms with Gasteiger partial charge >= 0.3 is 0 Å². The Labute approximate surface area is 175 Å². The van der Waals surface area contributed by atoms with Crippen LogP contribution in [0.4, 0.5) is 0 Å². The molecule has 0 fully saturated rings. The number of benzene rings is 2. The van der Waals surface area contributed by atoms with Gasteiger partial charge in [0.15, 0.2) is 0 Å². The smallest absolute Gasteiger partial charge is 0.251 e. The van der Waals surface area contributed by atoms with E-state index in [-0.39, 0.29) is 5.91 Å². The summed E-state index contributed by atoms with van der Waals surface area (Å²) < 4.78 is 5.89. The Bertz CT molecular complexity index is 1190. The molecule has 5 nitrogen and oxygen atoms in total. The van der Waals surface area contributed by atoms with E-state index < -0.39 is 0 Å². The SMILES string of the molecule is CNC(=O)/C(=C/c1cccnc1)c1ccc(OCc2ccc3ccccc3n2)cc1. The number of pyridine rings is 2. The number of nitrogens with one attached hydrogen (secondary N) is 1. The number of amides is 1. The van der Waals surface area contributed by atoms with Crippen molar-refractivity contribution in [1.82, 2.24) is 15.3 Å². The average molecular weight is 395 g/mol. The number of aromatic nitrogens is 2. The number of likely N-dealkylation sites (N-methyl/N-ethyl adjacent to an activating group) is 1. The van der Waals surface area contributed by atoms with Gasteiger partial charge in [0.25, 0.3) is 5.91 Å². The number of nitrogens with zero attached hydrogens (tertiary/aromatic N) is 2. The summed E-state index contributed by atoms with van der Waals surface area (Å²) in [6, 6.07) is 23.2. The van der Waals surface area contributed by atoms with Crippen molar-refractivity contribution in [3.63, 3.8) is 0 Å². The Balaban J connectivity index is 1.50. The first-order valence-corrected chi connectivity index (χ1v) is 9.64. The Morgan fingerprint density at radius 1 is 1.00 bits per heavy atom. The zero-order valence-electron chi connectivity index (χ0n) is 16.6. The Kier molecular flexibility index (Phi) is 5.80. The highest BCUT2D eigenvalue weighted by Gasteiger charge is 2.11. The van der Waals surface area contributed by atoms with Gasteiger partial charge in [-0.25, -0.2) is 4.98 Å². The minimum atomic E-state index is -0.159. The van der Waals surface area contributed by atoms with Crippen LogP contribution in [-0.4, -0.2) is 22.9 Å². The van der Waals surface area contributed by atoms with Gasteiger partial charge in [-0.15, -0.1) is 0 Å². The van der Waals surface area contributed by atoms with Gasteiger partial charge in [0.05, 0.1) is 11.2 Å². The van der Waals surface area contributed by atoms with E-state index in [1.807, 2.05) is 78.9 Å². The van der Waals surface area contributed by atoms with Gasteiger partial charge in [0, 0.05) is 30.4 Å². The van der Waals surface area contributed by atoms with Gasteiger partial charge in [-0.2, -0.15) is 0 Å². The molecular weight excluding hydrogens is 374 g/mol. The Hall–Kier alpha value is -3.99. The van der Waals surface area contributed by atoms with E-state index in [0.29, 0.717) is 17.9 Å². The quantitative estimate of drug-likeness (QED) is 0.489. The van der Waals surface area contributed by atoms with Crippen LogP contribution in [0, 0.1) is 0 Å². The molecule has 4 aromatic rings. The van der Waals surface area contributed by atoms with E-state index in [1.54, 1.807) is 19.4 Å². The monoisotopic (exact) mass is 395 g/mol. The molecule has 5 heteroatoms. The lowest BCUT2D eigenvalue weighted by molar-refractivity contribution is -0.115. The number of hydrogen-bond acceptors (Lipinski definition) is 4. The molecule has 0 saturated heterocycles. The molecule has 4 rings (SSSR count). The van der Waals surface area contributed by atoms with Crippen LogP contribution in [0.15, 0.2) is 85.2 Å². The standard InChI is InChI=1S/C25H21N3O2/c1-26-25(29)23(15-18-5-4-14-27-16-18)19-9-12-22(13-10-19)30-17-21-11-8-20-6-2-3-7-24(20)28-21/h2-16H,17H2,1H3,(H,26,29)/b23-15+. The van der Waals surface area contributed by atoms with Crippen LogP contribution in [0.25, 0.3) is 22.6 Å². The topological polar surface area (TPSA) is 64.1 Å². The van der Waals surface area contributed by atoms with Crippen molar-refractivity contribution in [2.45, 2.75) is 6.61 Å². The summed E-state index contributed by atoms with van der Waals surface area (Å²) in [5, 5.41) is 3.80. The summed E-state index contributed by atoms with van der Waals surface area (Å²) in [5.41, 5.74) is 4.03. The zero-order valence-corrected chi connectivity index (χ0v) is 16.6. The first-order chi connectivity index (χ1) is 14.7. The Morgan fingerprint density at radius 3 is 2.60 bits per heavy atom. The molecule has 0 aliphatic heterocycles. The molecule has 2 heterocycles. The van der Waals surface area contributed by atoms with Crippen molar-refractivity contribution in [3.8, 4) is 5.75 Å². The fourth-order valence-corrected chi connectivity index (χ4v) is 3.12. The van der Waals surface area contributed by atoms with Crippen molar-refractivity contribution < 1.29 is 9.53 Å². The third kappa shape index (κ3) is 4.52. The summed E-state index contributed by atoms with van der Waals surface area (Å²) in [4.78, 5) is 21.1. The predicted octanol–water partition coefficient (Wildman–Crippen LogP) is 4.50. The third-order valence-electron chi connectivity index (χ3n) is 4.68. The van der Waals surface area contributed by atoms with Gasteiger partial charge in [-0.1, -0.05) is 42.5 Å². The average Bonchev–Trinajstić information content (AvgIpc) is 2.81. The van der Waals surface area contributed by atoms with Crippen molar-refractivity contribution in [1.29, 1.82) is 0 Å². The van der Waals surface area contributed by atoms with Crippen molar-refractivity contribution >= 4 is 28.5 Å². The molecule has 0 aliphatic carbocycles. The summed E-state index contributed by atoms with van der Waals surface area (Å²) in [7, 11) is 1.62. The molecule has 30 heavy (non-hydrogen) atoms. The number of ether oxygens (including phenoxy) is 1. The van der Waals surface area contributed by atoms with E-state index in [9.17, 15) is 4.79 Å². The summed E-state index contributed by atoms with van der Waals surface area (Å²) >= 11 is 0. The van der Waals surface area contributed by atoms with E-state index in [2.05, 4.69) is 15.3 Å². The fraction of sp³-hybridized carbons (Fsp3) is 0.0800. The molecule has 0 unspecified atom stereocenters. The molecule has 0 saturated carbocycles. The van der Waals surface area contributed by atoms with Crippen LogP contribution in [0.5, 0.6) is 5.75 Å². The van der Waals surface area contributed by atoms with Gasteiger partial charge in [0.2, 0.25) is 0 Å². The van der Waals surface area contributed by atoms with E-state index in [4.69, 9.17) is 4.74 Å². The lowest BCUT2D eigenvalue weighted by Crippen LogP contribution is -2.19. The highest BCUT2D eigenvalue weighted by atomic mass is 16.5. The molecule has 148 valence electrons. The van der Waals surface area contributed by atoms with Crippen LogP contribution in [-0.2, 0) is 11.4 Å². The molecule has 2 aromatic heterocycles. The van der Waals surface area contributed by atoms with Crippen LogP contribution in [0.2, 0.25) is 0 Å². The van der Waals surface area contributed by atoms with Gasteiger partial charge in [-0.3, -0.25) is 9.78 Å². The van der Waals surface area contributed by atoms with Crippen LogP contribution in [0.1, 0.15) is 16.8 Å². The number of fused-ring (bicyclic) bond motifs is 1. The second-order valence-electron chi connectivity index (χ2n) is 6.73. The van der Waals surface area contributed by atoms with Crippen molar-refractivity contribution in [3.05, 3.63) is 102 Å². The second-order valence-corrected chi connectivity index (χ2v) is 6.73. The van der Waals surface area contributed by atoms with Gasteiger partial charge in [-0.05, 0) is 47.5 Å². The maximum Gasteiger partial charge on any atom is 0.251 e. The molecule has 0 aliphatic rings. The lowest BCUT2D eigenvalue weighted by atomic mass is 10.0. The van der Waals surface area contributed by atoms with Crippen molar-refractivity contribution in [2.24, 2.45) is 0 Å². The minimum absolute atomic E-state index is 0.159. The Morgan fingerprint density at radius 2 is 1.83 bits per heavy atom. The number of rotatable bonds is 6. The van der Waals surface area contributed by atoms with Crippen molar-refractivity contribution in [2.75, 3.05) is 7.05 Å². The molecule has 0 radical (unpaired) electrons. The second kappa shape index (κ2) is 9.01. The summed E-state index contributed by atoms with van der Waals surface area (Å²) in [6.07, 6.45) is 5.24. The molecule has 0 bridgehead atoms. The lowest BCUT2D eigenvalue weighted by Gasteiger charge is -2.10. The molecule has 1 N–H and O–H groups in total. The number of carbonyl (C=O) groups is 1. The molecule has 0 spiro atoms. The molecule has 0 atom stereocenters. The maximum absolute atomic E-state index is 12.4. The number of para-hydroxylation sites is 1. The zero-order chi connectivity index (χ0) is 20.8. The van der Waals surface area contributed by atoms with Gasteiger partial charge < -0.3 is 10.1 Å². The normalized spacial score (nSPS) is 11.3. The highest BCUT2D eigenvalue weighted by molar-refractivity contribution is 6.24. The van der Waals surface area contributed by atoms with Gasteiger partial charge in [0.1, 0.15) is 12.4 Å². The number of carbonyl (C=O) groups excluding carboxylic acids is 1. The summed E-state index contributed by atoms with van der Waals surface area (Å²) in [5.74, 6) is 0.555. The third-order valence-corrected chi connectivity index (χ3v) is 4.68. The molecule has 2 aromatic carbocycles. The van der Waals surface area contributed by atoms with Crippen LogP contribution in [0.3, 0.4) is 0 Å². The van der Waals surface area contributed by atoms with E-state index >= 15 is 0 Å². The molecular formula is C25H21N3O2. The molecule has 1 amide bonds. The largest absolute Gasteiger partial charge is 0.487 e. The first kappa shape index (κ1) is 19.3. The maximum atomic E-state index is 12.4. The van der Waals surface area contributed by atoms with Crippen LogP contribution < -0.4 is 10.1 Å².